The van der Waals surface area contributed by atoms with Crippen molar-refractivity contribution >= 4 is 17.3 Å². The zero-order valence-corrected chi connectivity index (χ0v) is 10.8. The molecule has 5 heteroatoms. The molecule has 0 bridgehead atoms. The smallest absolute Gasteiger partial charge is 0.147 e. The fraction of sp³-hybridized carbons (Fsp3) is 0.143. The van der Waals surface area contributed by atoms with Crippen molar-refractivity contribution < 1.29 is 13.2 Å². The molecule has 0 radical (unpaired) electrons. The molecule has 0 aliphatic rings. The number of nitrogens with one attached hydrogen (secondary N) is 1. The maximum atomic E-state index is 13.6. The molecule has 2 rings (SSSR count). The largest absolute Gasteiger partial charge is 0.376 e. The van der Waals surface area contributed by atoms with E-state index in [1.54, 1.807) is 6.92 Å². The van der Waals surface area contributed by atoms with Crippen molar-refractivity contribution in [1.29, 1.82) is 0 Å². The molecule has 0 saturated carbocycles. The molecule has 0 spiro atoms. The van der Waals surface area contributed by atoms with Crippen molar-refractivity contribution in [2.24, 2.45) is 0 Å². The Hall–Kier alpha value is -1.68. The fourth-order valence-electron chi connectivity index (χ4n) is 1.84. The molecule has 2 aromatic rings. The minimum Gasteiger partial charge on any atom is -0.376 e. The van der Waals surface area contributed by atoms with Crippen molar-refractivity contribution in [1.82, 2.24) is 0 Å². The van der Waals surface area contributed by atoms with Crippen LogP contribution in [0.3, 0.4) is 0 Å². The molecule has 0 fully saturated rings. The summed E-state index contributed by atoms with van der Waals surface area (Å²) in [5.74, 6) is -1.92. The lowest BCUT2D eigenvalue weighted by Gasteiger charge is -2.17. The van der Waals surface area contributed by atoms with Crippen LogP contribution in [0, 0.1) is 17.5 Å². The molecule has 0 heterocycles. The van der Waals surface area contributed by atoms with Crippen LogP contribution in [0.2, 0.25) is 5.02 Å². The molecular formula is C14H11ClF3N. The van der Waals surface area contributed by atoms with E-state index in [-0.39, 0.29) is 16.3 Å². The van der Waals surface area contributed by atoms with Crippen LogP contribution in [0.1, 0.15) is 18.5 Å². The highest BCUT2D eigenvalue weighted by atomic mass is 35.5. The van der Waals surface area contributed by atoms with Gasteiger partial charge in [0, 0.05) is 10.6 Å². The second-order valence-electron chi connectivity index (χ2n) is 4.13. The van der Waals surface area contributed by atoms with Gasteiger partial charge in [0.15, 0.2) is 0 Å². The zero-order chi connectivity index (χ0) is 14.0. The minimum atomic E-state index is -0.711. The maximum absolute atomic E-state index is 13.6. The topological polar surface area (TPSA) is 12.0 Å². The van der Waals surface area contributed by atoms with Crippen molar-refractivity contribution in [2.45, 2.75) is 13.0 Å². The first-order chi connectivity index (χ1) is 8.99. The van der Waals surface area contributed by atoms with Crippen LogP contribution in [0.15, 0.2) is 36.4 Å². The predicted octanol–water partition coefficient (Wildman–Crippen LogP) is 4.93. The molecule has 0 saturated heterocycles. The second-order valence-corrected chi connectivity index (χ2v) is 4.56. The Bertz CT molecular complexity index is 581. The van der Waals surface area contributed by atoms with E-state index < -0.39 is 23.5 Å². The number of halogens is 4. The average Bonchev–Trinajstić information content (AvgIpc) is 2.32. The minimum absolute atomic E-state index is 0.128. The van der Waals surface area contributed by atoms with Crippen LogP contribution in [-0.2, 0) is 0 Å². The Kier molecular flexibility index (Phi) is 4.00. The van der Waals surface area contributed by atoms with E-state index in [1.165, 1.54) is 18.2 Å². The molecule has 1 nitrogen and oxygen atoms in total. The van der Waals surface area contributed by atoms with Crippen molar-refractivity contribution in [3.63, 3.8) is 0 Å². The van der Waals surface area contributed by atoms with Gasteiger partial charge in [-0.3, -0.25) is 0 Å². The van der Waals surface area contributed by atoms with E-state index in [9.17, 15) is 13.2 Å². The quantitative estimate of drug-likeness (QED) is 0.843. The lowest BCUT2D eigenvalue weighted by Crippen LogP contribution is -2.11. The summed E-state index contributed by atoms with van der Waals surface area (Å²) in [6.07, 6.45) is 0. The van der Waals surface area contributed by atoms with Gasteiger partial charge < -0.3 is 5.32 Å². The number of benzene rings is 2. The number of hydrogen-bond donors (Lipinski definition) is 1. The number of hydrogen-bond acceptors (Lipinski definition) is 1. The Morgan fingerprint density at radius 3 is 2.21 bits per heavy atom. The average molecular weight is 286 g/mol. The SMILES string of the molecule is CC(Nc1ccc(Cl)cc1F)c1c(F)cccc1F. The highest BCUT2D eigenvalue weighted by molar-refractivity contribution is 6.30. The number of rotatable bonds is 3. The van der Waals surface area contributed by atoms with Crippen LogP contribution in [0.25, 0.3) is 0 Å². The summed E-state index contributed by atoms with van der Waals surface area (Å²) >= 11 is 5.63. The molecule has 0 aromatic heterocycles. The summed E-state index contributed by atoms with van der Waals surface area (Å²) in [5.41, 5.74) is 0.0106. The summed E-state index contributed by atoms with van der Waals surface area (Å²) in [4.78, 5) is 0. The van der Waals surface area contributed by atoms with Crippen LogP contribution in [0.5, 0.6) is 0 Å². The molecule has 1 unspecified atom stereocenters. The molecule has 1 N–H and O–H groups in total. The molecular weight excluding hydrogens is 275 g/mol. The van der Waals surface area contributed by atoms with Gasteiger partial charge >= 0.3 is 0 Å². The third kappa shape index (κ3) is 3.01. The standard InChI is InChI=1S/C14H11ClF3N/c1-8(14-10(16)3-2-4-11(14)17)19-13-6-5-9(15)7-12(13)18/h2-8,19H,1H3. The van der Waals surface area contributed by atoms with Crippen molar-refractivity contribution in [3.8, 4) is 0 Å². The van der Waals surface area contributed by atoms with Gasteiger partial charge in [0.1, 0.15) is 17.5 Å². The summed E-state index contributed by atoms with van der Waals surface area (Å²) in [6, 6.07) is 6.95. The summed E-state index contributed by atoms with van der Waals surface area (Å²) in [7, 11) is 0. The normalized spacial score (nSPS) is 12.3. The highest BCUT2D eigenvalue weighted by Gasteiger charge is 2.17. The zero-order valence-electron chi connectivity index (χ0n) is 10.1. The monoisotopic (exact) mass is 285 g/mol. The van der Waals surface area contributed by atoms with Gasteiger partial charge in [-0.05, 0) is 37.3 Å². The molecule has 0 amide bonds. The Morgan fingerprint density at radius 2 is 1.63 bits per heavy atom. The summed E-state index contributed by atoms with van der Waals surface area (Å²) < 4.78 is 40.7. The van der Waals surface area contributed by atoms with Crippen LogP contribution >= 0.6 is 11.6 Å². The van der Waals surface area contributed by atoms with E-state index in [0.29, 0.717) is 0 Å². The van der Waals surface area contributed by atoms with E-state index in [0.717, 1.165) is 18.2 Å². The highest BCUT2D eigenvalue weighted by Crippen LogP contribution is 2.26. The Labute approximate surface area is 114 Å². The first kappa shape index (κ1) is 13.7. The van der Waals surface area contributed by atoms with Gasteiger partial charge in [0.05, 0.1) is 11.7 Å². The molecule has 0 aliphatic heterocycles. The lowest BCUT2D eigenvalue weighted by molar-refractivity contribution is 0.542. The number of anilines is 1. The predicted molar refractivity (Wildman–Crippen MR) is 69.8 cm³/mol. The Balaban J connectivity index is 2.28. The van der Waals surface area contributed by atoms with Gasteiger partial charge in [-0.2, -0.15) is 0 Å². The molecule has 0 aliphatic carbocycles. The molecule has 19 heavy (non-hydrogen) atoms. The van der Waals surface area contributed by atoms with E-state index in [2.05, 4.69) is 5.32 Å². The van der Waals surface area contributed by atoms with Gasteiger partial charge in [-0.25, -0.2) is 13.2 Å². The fourth-order valence-corrected chi connectivity index (χ4v) is 2.00. The van der Waals surface area contributed by atoms with E-state index in [4.69, 9.17) is 11.6 Å². The third-order valence-electron chi connectivity index (χ3n) is 2.74. The van der Waals surface area contributed by atoms with Gasteiger partial charge in [-0.15, -0.1) is 0 Å². The van der Waals surface area contributed by atoms with Gasteiger partial charge in [-0.1, -0.05) is 17.7 Å². The van der Waals surface area contributed by atoms with Crippen molar-refractivity contribution in [2.75, 3.05) is 5.32 Å². The Morgan fingerprint density at radius 1 is 1.00 bits per heavy atom. The lowest BCUT2D eigenvalue weighted by atomic mass is 10.1. The first-order valence-corrected chi connectivity index (χ1v) is 6.02. The summed E-state index contributed by atoms with van der Waals surface area (Å²) in [5, 5.41) is 2.98. The van der Waals surface area contributed by atoms with E-state index >= 15 is 0 Å². The molecule has 100 valence electrons. The van der Waals surface area contributed by atoms with Crippen LogP contribution < -0.4 is 5.32 Å². The maximum Gasteiger partial charge on any atom is 0.147 e. The third-order valence-corrected chi connectivity index (χ3v) is 2.97. The van der Waals surface area contributed by atoms with Crippen LogP contribution in [0.4, 0.5) is 18.9 Å². The van der Waals surface area contributed by atoms with Gasteiger partial charge in [0.25, 0.3) is 0 Å². The van der Waals surface area contributed by atoms with Gasteiger partial charge in [0.2, 0.25) is 0 Å². The molecule has 2 aromatic carbocycles. The summed E-state index contributed by atoms with van der Waals surface area (Å²) in [6.45, 7) is 1.55. The second kappa shape index (κ2) is 5.53. The van der Waals surface area contributed by atoms with Crippen molar-refractivity contribution in [3.05, 3.63) is 64.4 Å². The first-order valence-electron chi connectivity index (χ1n) is 5.64. The van der Waals surface area contributed by atoms with Crippen LogP contribution in [-0.4, -0.2) is 0 Å². The molecule has 1 atom stereocenters. The van der Waals surface area contributed by atoms with E-state index in [1.807, 2.05) is 0 Å².